The Morgan fingerprint density at radius 2 is 1.86 bits per heavy atom. The molecule has 186 valence electrons. The Balaban J connectivity index is 1.88. The van der Waals surface area contributed by atoms with Gasteiger partial charge in [-0.2, -0.15) is 0 Å². The fourth-order valence-corrected chi connectivity index (χ4v) is 7.31. The second kappa shape index (κ2) is 11.0. The van der Waals surface area contributed by atoms with Crippen LogP contribution in [0.1, 0.15) is 31.0 Å². The zero-order chi connectivity index (χ0) is 26.1. The summed E-state index contributed by atoms with van der Waals surface area (Å²) in [5, 5.41) is 0. The number of fused-ring (bicyclic) bond motifs is 1. The van der Waals surface area contributed by atoms with Crippen LogP contribution in [0.5, 0.6) is 5.75 Å². The van der Waals surface area contributed by atoms with Crippen LogP contribution in [0, 0.1) is 7.14 Å². The first-order valence-corrected chi connectivity index (χ1v) is 14.1. The van der Waals surface area contributed by atoms with Crippen LogP contribution in [0.15, 0.2) is 70.1 Å². The lowest BCUT2D eigenvalue weighted by atomic mass is 9.93. The van der Waals surface area contributed by atoms with E-state index in [1.165, 1.54) is 18.3 Å². The first kappa shape index (κ1) is 26.8. The Labute approximate surface area is 241 Å². The van der Waals surface area contributed by atoms with Crippen LogP contribution >= 0.6 is 56.5 Å². The van der Waals surface area contributed by atoms with Crippen LogP contribution in [-0.4, -0.2) is 31.1 Å². The maximum atomic E-state index is 13.7. The topological polar surface area (TPSA) is 63.9 Å². The number of ketones is 1. The van der Waals surface area contributed by atoms with Crippen LogP contribution in [0.3, 0.4) is 0 Å². The summed E-state index contributed by atoms with van der Waals surface area (Å²) < 4.78 is 9.90. The van der Waals surface area contributed by atoms with Gasteiger partial charge < -0.3 is 9.64 Å². The molecule has 36 heavy (non-hydrogen) atoms. The lowest BCUT2D eigenvalue weighted by Crippen LogP contribution is -2.39. The summed E-state index contributed by atoms with van der Waals surface area (Å²) in [6.07, 6.45) is 3.59. The normalized spacial score (nSPS) is 15.4. The van der Waals surface area contributed by atoms with E-state index in [0.717, 1.165) is 29.7 Å². The molecule has 0 saturated carbocycles. The number of hydrogen-bond acceptors (Lipinski definition) is 6. The number of rotatable bonds is 7. The second-order valence-corrected chi connectivity index (χ2v) is 11.9. The first-order chi connectivity index (χ1) is 17.1. The number of nitrogens with zero attached hydrogens (tertiary/aromatic N) is 3. The number of benzene rings is 2. The van der Waals surface area contributed by atoms with Crippen LogP contribution in [0.25, 0.3) is 6.08 Å². The van der Waals surface area contributed by atoms with E-state index in [0.29, 0.717) is 27.2 Å². The quantitative estimate of drug-likeness (QED) is 0.263. The van der Waals surface area contributed by atoms with Gasteiger partial charge in [-0.3, -0.25) is 14.2 Å². The molecule has 4 rings (SSSR count). The Morgan fingerprint density at radius 3 is 2.42 bits per heavy atom. The highest BCUT2D eigenvalue weighted by atomic mass is 127. The maximum absolute atomic E-state index is 13.7. The lowest BCUT2D eigenvalue weighted by molar-refractivity contribution is -0.114. The number of ether oxygens (including phenoxy) is 1. The van der Waals surface area contributed by atoms with Crippen molar-refractivity contribution < 1.29 is 9.53 Å². The number of anilines is 1. The van der Waals surface area contributed by atoms with E-state index in [4.69, 9.17) is 4.74 Å². The molecule has 2 aromatic carbocycles. The van der Waals surface area contributed by atoms with Crippen molar-refractivity contribution in [1.29, 1.82) is 0 Å². The van der Waals surface area contributed by atoms with Crippen LogP contribution in [0.2, 0.25) is 0 Å². The van der Waals surface area contributed by atoms with Crippen LogP contribution in [-0.2, 0) is 4.79 Å². The maximum Gasteiger partial charge on any atom is 0.271 e. The number of carbonyl (C=O) groups excluding carboxylic acids is 1. The van der Waals surface area contributed by atoms with Crippen molar-refractivity contribution in [2.24, 2.45) is 4.99 Å². The summed E-state index contributed by atoms with van der Waals surface area (Å²) >= 11 is 5.82. The van der Waals surface area contributed by atoms with Crippen LogP contribution in [0.4, 0.5) is 5.69 Å². The molecule has 0 fully saturated rings. The van der Waals surface area contributed by atoms with E-state index in [1.54, 1.807) is 10.6 Å². The minimum absolute atomic E-state index is 0.0913. The number of carbonyl (C=O) groups is 1. The van der Waals surface area contributed by atoms with Crippen molar-refractivity contribution in [2.75, 3.05) is 25.6 Å². The number of halogens is 2. The summed E-state index contributed by atoms with van der Waals surface area (Å²) in [5.74, 6) is 0.712. The van der Waals surface area contributed by atoms with Gasteiger partial charge in [-0.25, -0.2) is 4.99 Å². The molecule has 2 heterocycles. The zero-order valence-electron chi connectivity index (χ0n) is 20.3. The summed E-state index contributed by atoms with van der Waals surface area (Å²) in [7, 11) is 3.95. The van der Waals surface area contributed by atoms with Crippen molar-refractivity contribution in [3.63, 3.8) is 0 Å². The molecule has 1 aliphatic heterocycles. The van der Waals surface area contributed by atoms with Crippen molar-refractivity contribution in [3.8, 4) is 5.75 Å². The molecule has 1 aromatic heterocycles. The molecule has 0 bridgehead atoms. The van der Waals surface area contributed by atoms with Gasteiger partial charge in [0, 0.05) is 31.1 Å². The van der Waals surface area contributed by atoms with E-state index in [1.807, 2.05) is 68.4 Å². The van der Waals surface area contributed by atoms with Crippen molar-refractivity contribution >= 4 is 74.1 Å². The molecule has 0 unspecified atom stereocenters. The standard InChI is InChI=1S/C27H25I2N3O3S/c1-6-11-35-25-20(28)12-17(13-21(25)29)14-22-26(34)32-24(18-7-9-19(10-8-18)31(4)5)23(16(3)33)15(2)30-27(32)36-22/h6-10,12-14,24H,1,11H2,2-5H3/b22-14+/t24-/m0/s1. The molecule has 0 amide bonds. The second-order valence-electron chi connectivity index (χ2n) is 8.54. The Hall–Kier alpha value is -2.25. The summed E-state index contributed by atoms with van der Waals surface area (Å²) in [6, 6.07) is 11.4. The van der Waals surface area contributed by atoms with Gasteiger partial charge in [0.2, 0.25) is 0 Å². The Bertz CT molecular complexity index is 1540. The first-order valence-electron chi connectivity index (χ1n) is 11.2. The van der Waals surface area contributed by atoms with E-state index in [9.17, 15) is 9.59 Å². The number of aromatic nitrogens is 1. The molecule has 9 heteroatoms. The molecular formula is C27H25I2N3O3S. The molecule has 0 saturated heterocycles. The molecule has 0 radical (unpaired) electrons. The number of thiazole rings is 1. The Morgan fingerprint density at radius 1 is 1.22 bits per heavy atom. The average Bonchev–Trinajstić information content (AvgIpc) is 3.11. The average molecular weight is 725 g/mol. The number of Topliss-reactive ketones (excluding diaryl/α,β-unsaturated/α-hetero) is 1. The fraction of sp³-hybridized carbons (Fsp3) is 0.222. The molecule has 6 nitrogen and oxygen atoms in total. The zero-order valence-corrected chi connectivity index (χ0v) is 25.5. The highest BCUT2D eigenvalue weighted by Crippen LogP contribution is 2.32. The monoisotopic (exact) mass is 725 g/mol. The third-order valence-corrected chi connectivity index (χ3v) is 8.38. The minimum Gasteiger partial charge on any atom is -0.487 e. The van der Waals surface area contributed by atoms with Crippen molar-refractivity contribution in [3.05, 3.63) is 98.3 Å². The van der Waals surface area contributed by atoms with Gasteiger partial charge in [0.1, 0.15) is 12.4 Å². The molecule has 0 spiro atoms. The smallest absolute Gasteiger partial charge is 0.271 e. The van der Waals surface area contributed by atoms with Gasteiger partial charge in [0.15, 0.2) is 10.6 Å². The summed E-state index contributed by atoms with van der Waals surface area (Å²) in [6.45, 7) is 7.50. The van der Waals surface area contributed by atoms with Crippen molar-refractivity contribution in [1.82, 2.24) is 4.57 Å². The molecule has 3 aromatic rings. The number of allylic oxidation sites excluding steroid dienone is 2. The van der Waals surface area contributed by atoms with Crippen LogP contribution < -0.4 is 24.5 Å². The van der Waals surface area contributed by atoms with E-state index >= 15 is 0 Å². The molecular weight excluding hydrogens is 700 g/mol. The SMILES string of the molecule is C=CCOc1c(I)cc(/C=c2/sc3n(c2=O)[C@@H](c2ccc(N(C)C)cc2)C(C(C)=O)=C(C)N=3)cc1I. The highest BCUT2D eigenvalue weighted by molar-refractivity contribution is 14.1. The molecule has 1 aliphatic rings. The summed E-state index contributed by atoms with van der Waals surface area (Å²) in [5.41, 5.74) is 3.84. The van der Waals surface area contributed by atoms with Gasteiger partial charge in [-0.1, -0.05) is 36.1 Å². The summed E-state index contributed by atoms with van der Waals surface area (Å²) in [4.78, 5) is 33.7. The fourth-order valence-electron chi connectivity index (χ4n) is 4.14. The lowest BCUT2D eigenvalue weighted by Gasteiger charge is -2.25. The van der Waals surface area contributed by atoms with Gasteiger partial charge >= 0.3 is 0 Å². The third-order valence-electron chi connectivity index (χ3n) is 5.79. The Kier molecular flexibility index (Phi) is 8.20. The molecule has 1 atom stereocenters. The predicted octanol–water partition coefficient (Wildman–Crippen LogP) is 4.66. The minimum atomic E-state index is -0.521. The third kappa shape index (κ3) is 5.23. The van der Waals surface area contributed by atoms with Gasteiger partial charge in [-0.15, -0.1) is 0 Å². The number of hydrogen-bond donors (Lipinski definition) is 0. The van der Waals surface area contributed by atoms with Crippen molar-refractivity contribution in [2.45, 2.75) is 19.9 Å². The van der Waals surface area contributed by atoms with E-state index < -0.39 is 6.04 Å². The highest BCUT2D eigenvalue weighted by Gasteiger charge is 2.30. The predicted molar refractivity (Wildman–Crippen MR) is 163 cm³/mol. The van der Waals surface area contributed by atoms with Gasteiger partial charge in [-0.05, 0) is 100 Å². The molecule has 0 aliphatic carbocycles. The van der Waals surface area contributed by atoms with E-state index in [2.05, 4.69) is 56.8 Å². The van der Waals surface area contributed by atoms with E-state index in [-0.39, 0.29) is 11.3 Å². The largest absolute Gasteiger partial charge is 0.487 e. The molecule has 0 N–H and O–H groups in total. The van der Waals surface area contributed by atoms with Gasteiger partial charge in [0.05, 0.1) is 17.7 Å². The van der Waals surface area contributed by atoms with Gasteiger partial charge in [0.25, 0.3) is 5.56 Å².